The minimum absolute atomic E-state index is 0.0312. The zero-order chi connectivity index (χ0) is 21.3. The van der Waals surface area contributed by atoms with Gasteiger partial charge in [0, 0.05) is 25.5 Å². The van der Waals surface area contributed by atoms with Gasteiger partial charge in [-0.3, -0.25) is 9.78 Å². The van der Waals surface area contributed by atoms with Crippen molar-refractivity contribution in [1.82, 2.24) is 24.9 Å². The molecule has 0 saturated carbocycles. The number of rotatable bonds is 4. The van der Waals surface area contributed by atoms with Crippen LogP contribution in [0.25, 0.3) is 0 Å². The van der Waals surface area contributed by atoms with Crippen molar-refractivity contribution in [3.63, 3.8) is 0 Å². The van der Waals surface area contributed by atoms with Crippen molar-refractivity contribution in [2.45, 2.75) is 45.1 Å². The number of carbonyl (C=O) groups excluding carboxylic acids is 1. The number of para-hydroxylation sites is 1. The summed E-state index contributed by atoms with van der Waals surface area (Å²) < 4.78 is 14.1. The number of carbonyl (C=O) groups is 1. The number of piperidine rings is 1. The molecular formula is C23H25N5O3. The molecule has 31 heavy (non-hydrogen) atoms. The summed E-state index contributed by atoms with van der Waals surface area (Å²) in [5.74, 6) is 0.835. The Hall–Kier alpha value is -3.26. The van der Waals surface area contributed by atoms with Crippen LogP contribution in [0.5, 0.6) is 5.75 Å². The topological polar surface area (TPSA) is 82.4 Å². The Labute approximate surface area is 180 Å². The third-order valence-electron chi connectivity index (χ3n) is 6.07. The Morgan fingerprint density at radius 1 is 1.19 bits per heavy atom. The fourth-order valence-corrected chi connectivity index (χ4v) is 4.25. The van der Waals surface area contributed by atoms with Crippen LogP contribution in [-0.2, 0) is 24.5 Å². The molecule has 160 valence electrons. The quantitative estimate of drug-likeness (QED) is 0.647. The molecule has 1 fully saturated rings. The Morgan fingerprint density at radius 3 is 2.77 bits per heavy atom. The monoisotopic (exact) mass is 419 g/mol. The molecule has 0 atom stereocenters. The van der Waals surface area contributed by atoms with Crippen LogP contribution in [-0.4, -0.2) is 49.5 Å². The molecule has 0 N–H and O–H groups in total. The van der Waals surface area contributed by atoms with Gasteiger partial charge in [0.1, 0.15) is 18.1 Å². The fraction of sp³-hybridized carbons (Fsp3) is 0.391. The minimum Gasteiger partial charge on any atom is -0.487 e. The molecule has 1 amide bonds. The number of aryl methyl sites for hydroxylation is 1. The van der Waals surface area contributed by atoms with Crippen molar-refractivity contribution in [2.75, 3.05) is 13.1 Å². The summed E-state index contributed by atoms with van der Waals surface area (Å²) in [6.45, 7) is 4.72. The van der Waals surface area contributed by atoms with Gasteiger partial charge in [-0.15, -0.1) is 5.10 Å². The fourth-order valence-electron chi connectivity index (χ4n) is 4.25. The molecule has 2 aromatic heterocycles. The summed E-state index contributed by atoms with van der Waals surface area (Å²) in [5, 5.41) is 8.67. The minimum atomic E-state index is -0.306. The average molecular weight is 419 g/mol. The first-order valence-corrected chi connectivity index (χ1v) is 10.6. The maximum absolute atomic E-state index is 12.8. The first kappa shape index (κ1) is 19.7. The summed E-state index contributed by atoms with van der Waals surface area (Å²) in [5.41, 5.74) is 3.09. The number of hydrogen-bond donors (Lipinski definition) is 0. The molecule has 2 aliphatic rings. The van der Waals surface area contributed by atoms with Crippen molar-refractivity contribution in [3.05, 3.63) is 71.3 Å². The van der Waals surface area contributed by atoms with E-state index in [0.29, 0.717) is 38.4 Å². The van der Waals surface area contributed by atoms with Crippen LogP contribution in [0.1, 0.15) is 40.2 Å². The molecule has 2 aliphatic heterocycles. The largest absolute Gasteiger partial charge is 0.487 e. The lowest BCUT2D eigenvalue weighted by Gasteiger charge is -2.43. The molecule has 4 heterocycles. The van der Waals surface area contributed by atoms with Gasteiger partial charge in [-0.2, -0.15) is 0 Å². The van der Waals surface area contributed by atoms with Gasteiger partial charge < -0.3 is 14.4 Å². The van der Waals surface area contributed by atoms with Crippen LogP contribution in [0.15, 0.2) is 48.8 Å². The number of likely N-dealkylation sites (tertiary alicyclic amines) is 1. The molecule has 5 rings (SSSR count). The summed E-state index contributed by atoms with van der Waals surface area (Å²) in [7, 11) is 0. The summed E-state index contributed by atoms with van der Waals surface area (Å²) in [6.07, 6.45) is 4.94. The standard InChI is InChI=1S/C23H25N5O3/c1-17-11-18(13-24-12-17)22(29)27-9-7-23(8-10-27)16-28-21(15-31-23)20(25-26-28)14-30-19-5-3-2-4-6-19/h2-6,11-13H,7-10,14-16H2,1H3. The maximum Gasteiger partial charge on any atom is 0.255 e. The van der Waals surface area contributed by atoms with E-state index in [9.17, 15) is 4.79 Å². The second-order valence-corrected chi connectivity index (χ2v) is 8.26. The zero-order valence-electron chi connectivity index (χ0n) is 17.5. The van der Waals surface area contributed by atoms with E-state index >= 15 is 0 Å². The zero-order valence-corrected chi connectivity index (χ0v) is 17.5. The number of pyridine rings is 1. The molecule has 0 aliphatic carbocycles. The molecule has 1 aromatic carbocycles. The summed E-state index contributed by atoms with van der Waals surface area (Å²) in [6, 6.07) is 11.6. The van der Waals surface area contributed by atoms with Gasteiger partial charge in [0.05, 0.1) is 30.0 Å². The number of fused-ring (bicyclic) bond motifs is 1. The van der Waals surface area contributed by atoms with Gasteiger partial charge in [0.15, 0.2) is 0 Å². The lowest BCUT2D eigenvalue weighted by Crippen LogP contribution is -2.52. The lowest BCUT2D eigenvalue weighted by molar-refractivity contribution is -0.120. The molecule has 3 aromatic rings. The first-order valence-electron chi connectivity index (χ1n) is 10.6. The van der Waals surface area contributed by atoms with Gasteiger partial charge in [0.2, 0.25) is 0 Å². The molecule has 1 spiro atoms. The van der Waals surface area contributed by atoms with Crippen molar-refractivity contribution < 1.29 is 14.3 Å². The Kier molecular flexibility index (Phi) is 5.15. The lowest BCUT2D eigenvalue weighted by atomic mass is 9.89. The van der Waals surface area contributed by atoms with E-state index in [1.165, 1.54) is 0 Å². The third-order valence-corrected chi connectivity index (χ3v) is 6.07. The van der Waals surface area contributed by atoms with E-state index in [1.807, 2.05) is 52.9 Å². The van der Waals surface area contributed by atoms with E-state index in [4.69, 9.17) is 9.47 Å². The number of hydrogen-bond acceptors (Lipinski definition) is 6. The molecule has 1 saturated heterocycles. The predicted octanol–water partition coefficient (Wildman–Crippen LogP) is 2.77. The van der Waals surface area contributed by atoms with Crippen molar-refractivity contribution >= 4 is 5.91 Å². The van der Waals surface area contributed by atoms with Crippen LogP contribution in [0, 0.1) is 6.92 Å². The van der Waals surface area contributed by atoms with Gasteiger partial charge in [-0.05, 0) is 43.5 Å². The van der Waals surface area contributed by atoms with Crippen LogP contribution >= 0.6 is 0 Å². The van der Waals surface area contributed by atoms with Gasteiger partial charge in [0.25, 0.3) is 5.91 Å². The highest BCUT2D eigenvalue weighted by Crippen LogP contribution is 2.34. The SMILES string of the molecule is Cc1cncc(C(=O)N2CCC3(CC2)Cn2nnc(COc4ccccc4)c2CO3)c1. The Balaban J connectivity index is 1.21. The molecule has 8 nitrogen and oxygen atoms in total. The van der Waals surface area contributed by atoms with Gasteiger partial charge in [-0.25, -0.2) is 4.68 Å². The van der Waals surface area contributed by atoms with Crippen LogP contribution in [0.2, 0.25) is 0 Å². The summed E-state index contributed by atoms with van der Waals surface area (Å²) in [4.78, 5) is 18.9. The van der Waals surface area contributed by atoms with Crippen LogP contribution < -0.4 is 4.74 Å². The smallest absolute Gasteiger partial charge is 0.255 e. The van der Waals surface area contributed by atoms with Crippen molar-refractivity contribution in [3.8, 4) is 5.75 Å². The number of amides is 1. The van der Waals surface area contributed by atoms with E-state index in [1.54, 1.807) is 12.4 Å². The average Bonchev–Trinajstić information content (AvgIpc) is 3.20. The van der Waals surface area contributed by atoms with E-state index < -0.39 is 0 Å². The second kappa shape index (κ2) is 8.11. The highest BCUT2D eigenvalue weighted by Gasteiger charge is 2.41. The summed E-state index contributed by atoms with van der Waals surface area (Å²) >= 11 is 0. The predicted molar refractivity (Wildman–Crippen MR) is 112 cm³/mol. The van der Waals surface area contributed by atoms with Gasteiger partial charge >= 0.3 is 0 Å². The molecular weight excluding hydrogens is 394 g/mol. The first-order chi connectivity index (χ1) is 15.1. The van der Waals surface area contributed by atoms with Crippen molar-refractivity contribution in [2.24, 2.45) is 0 Å². The molecule has 0 unspecified atom stereocenters. The maximum atomic E-state index is 12.8. The second-order valence-electron chi connectivity index (χ2n) is 8.26. The van der Waals surface area contributed by atoms with E-state index in [-0.39, 0.29) is 11.5 Å². The molecule has 0 bridgehead atoms. The number of ether oxygens (including phenoxy) is 2. The van der Waals surface area contributed by atoms with Crippen molar-refractivity contribution in [1.29, 1.82) is 0 Å². The van der Waals surface area contributed by atoms with Crippen LogP contribution in [0.4, 0.5) is 0 Å². The number of benzene rings is 1. The van der Waals surface area contributed by atoms with E-state index in [0.717, 1.165) is 35.5 Å². The molecule has 0 radical (unpaired) electrons. The highest BCUT2D eigenvalue weighted by atomic mass is 16.5. The number of aromatic nitrogens is 4. The van der Waals surface area contributed by atoms with E-state index in [2.05, 4.69) is 15.3 Å². The normalized spacial score (nSPS) is 17.4. The highest BCUT2D eigenvalue weighted by molar-refractivity contribution is 5.94. The Bertz CT molecular complexity index is 1070. The number of nitrogens with zero attached hydrogens (tertiary/aromatic N) is 5. The third kappa shape index (κ3) is 4.03. The molecule has 8 heteroatoms. The van der Waals surface area contributed by atoms with Gasteiger partial charge in [-0.1, -0.05) is 23.4 Å². The Morgan fingerprint density at radius 2 is 2.00 bits per heavy atom. The van der Waals surface area contributed by atoms with Crippen LogP contribution in [0.3, 0.4) is 0 Å².